The van der Waals surface area contributed by atoms with Gasteiger partial charge in [0, 0.05) is 19.3 Å². The molecule has 27 heavy (non-hydrogen) atoms. The number of ether oxygens (including phenoxy) is 1. The van der Waals surface area contributed by atoms with E-state index in [1.54, 1.807) is 37.3 Å². The quantitative estimate of drug-likeness (QED) is 0.742. The first-order chi connectivity index (χ1) is 12.8. The van der Waals surface area contributed by atoms with Crippen molar-refractivity contribution in [2.75, 3.05) is 19.0 Å². The molecule has 3 rings (SSSR count). The van der Waals surface area contributed by atoms with Gasteiger partial charge in [-0.1, -0.05) is 24.8 Å². The van der Waals surface area contributed by atoms with Gasteiger partial charge in [0.15, 0.2) is 0 Å². The Bertz CT molecular complexity index is 968. The largest absolute Gasteiger partial charge is 0.490 e. The Hall–Kier alpha value is -2.64. The zero-order chi connectivity index (χ0) is 19.6. The van der Waals surface area contributed by atoms with Crippen LogP contribution >= 0.6 is 0 Å². The molecule has 7 heteroatoms. The molecule has 0 spiro atoms. The maximum atomic E-state index is 12.9. The molecule has 0 fully saturated rings. The number of fused-ring (bicyclic) bond motifs is 1. The van der Waals surface area contributed by atoms with Crippen molar-refractivity contribution < 1.29 is 17.9 Å². The van der Waals surface area contributed by atoms with Gasteiger partial charge in [0.05, 0.1) is 10.8 Å². The molecular formula is C20H22N2O4S. The maximum absolute atomic E-state index is 12.9. The van der Waals surface area contributed by atoms with Crippen LogP contribution in [0.5, 0.6) is 5.75 Å². The van der Waals surface area contributed by atoms with E-state index >= 15 is 0 Å². The fraction of sp³-hybridized carbons (Fsp3) is 0.250. The lowest BCUT2D eigenvalue weighted by Crippen LogP contribution is -2.26. The van der Waals surface area contributed by atoms with Crippen molar-refractivity contribution >= 4 is 21.6 Å². The third kappa shape index (κ3) is 3.89. The Morgan fingerprint density at radius 1 is 1.22 bits per heavy atom. The van der Waals surface area contributed by atoms with Crippen LogP contribution in [-0.4, -0.2) is 32.3 Å². The molecule has 0 bridgehead atoms. The van der Waals surface area contributed by atoms with Gasteiger partial charge in [-0.15, -0.1) is 0 Å². The molecule has 0 saturated carbocycles. The van der Waals surface area contributed by atoms with Gasteiger partial charge in [0.2, 0.25) is 15.9 Å². The summed E-state index contributed by atoms with van der Waals surface area (Å²) in [4.78, 5) is 12.0. The fourth-order valence-corrected chi connectivity index (χ4v) is 4.12. The van der Waals surface area contributed by atoms with Crippen molar-refractivity contribution in [2.24, 2.45) is 0 Å². The first kappa shape index (κ1) is 19.1. The zero-order valence-corrected chi connectivity index (χ0v) is 16.1. The van der Waals surface area contributed by atoms with E-state index in [1.165, 1.54) is 17.4 Å². The van der Waals surface area contributed by atoms with Crippen LogP contribution < -0.4 is 10.1 Å². The Labute approximate surface area is 159 Å². The minimum absolute atomic E-state index is 0.119. The number of benzene rings is 2. The van der Waals surface area contributed by atoms with Gasteiger partial charge in [-0.2, -0.15) is 4.31 Å². The highest BCUT2D eigenvalue weighted by atomic mass is 32.2. The molecule has 0 saturated heterocycles. The van der Waals surface area contributed by atoms with Gasteiger partial charge in [-0.05, 0) is 48.4 Å². The smallest absolute Gasteiger partial charge is 0.243 e. The molecule has 1 amide bonds. The topological polar surface area (TPSA) is 75.7 Å². The van der Waals surface area contributed by atoms with Crippen LogP contribution in [-0.2, 0) is 21.4 Å². The predicted octanol–water partition coefficient (Wildman–Crippen LogP) is 3.13. The Morgan fingerprint density at radius 3 is 2.59 bits per heavy atom. The summed E-state index contributed by atoms with van der Waals surface area (Å²) in [5, 5.41) is 2.75. The predicted molar refractivity (Wildman–Crippen MR) is 104 cm³/mol. The molecule has 0 radical (unpaired) electrons. The van der Waals surface area contributed by atoms with Crippen molar-refractivity contribution in [3.63, 3.8) is 0 Å². The lowest BCUT2D eigenvalue weighted by atomic mass is 10.0. The average Bonchev–Trinajstić information content (AvgIpc) is 2.94. The number of carbonyl (C=O) groups is 1. The van der Waals surface area contributed by atoms with Crippen LogP contribution in [0.3, 0.4) is 0 Å². The van der Waals surface area contributed by atoms with Gasteiger partial charge >= 0.3 is 0 Å². The van der Waals surface area contributed by atoms with Gasteiger partial charge < -0.3 is 10.1 Å². The van der Waals surface area contributed by atoms with E-state index in [4.69, 9.17) is 4.74 Å². The summed E-state index contributed by atoms with van der Waals surface area (Å²) in [5.74, 6) is 0.226. The summed E-state index contributed by atoms with van der Waals surface area (Å²) in [6.07, 6.45) is 1.66. The van der Waals surface area contributed by atoms with E-state index in [-0.39, 0.29) is 23.3 Å². The molecule has 1 heterocycles. The normalized spacial score (nSPS) is 16.1. The Balaban J connectivity index is 1.77. The van der Waals surface area contributed by atoms with E-state index in [2.05, 4.69) is 11.9 Å². The zero-order valence-electron chi connectivity index (χ0n) is 15.3. The van der Waals surface area contributed by atoms with Crippen molar-refractivity contribution in [1.29, 1.82) is 0 Å². The van der Waals surface area contributed by atoms with E-state index in [0.717, 1.165) is 5.56 Å². The average molecular weight is 386 g/mol. The molecule has 0 unspecified atom stereocenters. The highest BCUT2D eigenvalue weighted by Gasteiger charge is 2.29. The van der Waals surface area contributed by atoms with Gasteiger partial charge in [-0.25, -0.2) is 8.42 Å². The first-order valence-electron chi connectivity index (χ1n) is 8.56. The molecule has 0 aliphatic carbocycles. The molecule has 2 aromatic carbocycles. The summed E-state index contributed by atoms with van der Waals surface area (Å²) < 4.78 is 32.6. The van der Waals surface area contributed by atoms with Crippen LogP contribution in [0.2, 0.25) is 0 Å². The third-order valence-electron chi connectivity index (χ3n) is 4.55. The lowest BCUT2D eigenvalue weighted by Gasteiger charge is -2.18. The third-order valence-corrected chi connectivity index (χ3v) is 6.34. The second-order valence-corrected chi connectivity index (χ2v) is 8.51. The second-order valence-electron chi connectivity index (χ2n) is 6.46. The molecular weight excluding hydrogens is 364 g/mol. The summed E-state index contributed by atoms with van der Waals surface area (Å²) in [7, 11) is -2.14. The molecule has 2 aromatic rings. The Morgan fingerprint density at radius 2 is 1.93 bits per heavy atom. The van der Waals surface area contributed by atoms with Crippen LogP contribution in [0.25, 0.3) is 0 Å². The van der Waals surface area contributed by atoms with Crippen LogP contribution in [0.1, 0.15) is 24.0 Å². The summed E-state index contributed by atoms with van der Waals surface area (Å²) in [6.45, 7) is 6.01. The number of nitrogens with one attached hydrogen (secondary N) is 1. The molecule has 1 atom stereocenters. The van der Waals surface area contributed by atoms with E-state index in [1.807, 2.05) is 12.1 Å². The van der Waals surface area contributed by atoms with Gasteiger partial charge in [-0.3, -0.25) is 4.79 Å². The summed E-state index contributed by atoms with van der Waals surface area (Å²) in [6, 6.07) is 12.0. The lowest BCUT2D eigenvalue weighted by molar-refractivity contribution is -0.116. The highest BCUT2D eigenvalue weighted by molar-refractivity contribution is 7.89. The number of sulfonamides is 1. The minimum atomic E-state index is -3.67. The number of hydrogen-bond donors (Lipinski definition) is 1. The molecule has 142 valence electrons. The number of carbonyl (C=O) groups excluding carboxylic acids is 1. The van der Waals surface area contributed by atoms with Crippen LogP contribution in [0, 0.1) is 0 Å². The van der Waals surface area contributed by atoms with Crippen molar-refractivity contribution in [3.05, 3.63) is 66.2 Å². The standard InChI is InChI=1S/C20H22N2O4S/c1-4-11-26-16-7-5-15(6-8-16)13-22(3)27(24,25)17-9-10-19-18(12-17)14(2)20(23)21-19/h4-10,12,14H,1,11,13H2,2-3H3,(H,21,23)/t14-/m0/s1. The van der Waals surface area contributed by atoms with Crippen molar-refractivity contribution in [1.82, 2.24) is 4.31 Å². The minimum Gasteiger partial charge on any atom is -0.490 e. The number of amides is 1. The molecule has 6 nitrogen and oxygen atoms in total. The molecule has 1 N–H and O–H groups in total. The maximum Gasteiger partial charge on any atom is 0.243 e. The van der Waals surface area contributed by atoms with Crippen LogP contribution in [0.15, 0.2) is 60.0 Å². The molecule has 1 aliphatic heterocycles. The first-order valence-corrected chi connectivity index (χ1v) is 10.0. The number of hydrogen-bond acceptors (Lipinski definition) is 4. The summed E-state index contributed by atoms with van der Waals surface area (Å²) in [5.41, 5.74) is 2.22. The van der Waals surface area contributed by atoms with E-state index in [0.29, 0.717) is 23.6 Å². The summed E-state index contributed by atoms with van der Waals surface area (Å²) >= 11 is 0. The Kier molecular flexibility index (Phi) is 5.34. The monoisotopic (exact) mass is 386 g/mol. The van der Waals surface area contributed by atoms with Gasteiger partial charge in [0.25, 0.3) is 0 Å². The van der Waals surface area contributed by atoms with Crippen LogP contribution in [0.4, 0.5) is 5.69 Å². The SMILES string of the molecule is C=CCOc1ccc(CN(C)S(=O)(=O)c2ccc3c(c2)[C@H](C)C(=O)N3)cc1. The molecule has 0 aromatic heterocycles. The highest BCUT2D eigenvalue weighted by Crippen LogP contribution is 2.34. The fourth-order valence-electron chi connectivity index (χ4n) is 2.92. The second kappa shape index (κ2) is 7.54. The van der Waals surface area contributed by atoms with Crippen molar-refractivity contribution in [2.45, 2.75) is 24.3 Å². The van der Waals surface area contributed by atoms with Crippen molar-refractivity contribution in [3.8, 4) is 5.75 Å². The number of nitrogens with zero attached hydrogens (tertiary/aromatic N) is 1. The molecule has 1 aliphatic rings. The number of anilines is 1. The van der Waals surface area contributed by atoms with E-state index in [9.17, 15) is 13.2 Å². The van der Waals surface area contributed by atoms with E-state index < -0.39 is 10.0 Å². The number of rotatable bonds is 7. The van der Waals surface area contributed by atoms with Gasteiger partial charge in [0.1, 0.15) is 12.4 Å².